The third kappa shape index (κ3) is 5.74. The zero-order valence-corrected chi connectivity index (χ0v) is 17.2. The minimum absolute atomic E-state index is 0. The summed E-state index contributed by atoms with van der Waals surface area (Å²) in [5, 5.41) is 27.8. The number of hydrogen-bond donors (Lipinski definition) is 3. The van der Waals surface area contributed by atoms with E-state index in [0.717, 1.165) is 0 Å². The van der Waals surface area contributed by atoms with Crippen LogP contribution in [-0.4, -0.2) is 65.0 Å². The molecule has 34 heavy (non-hydrogen) atoms. The normalized spacial score (nSPS) is 9.88. The van der Waals surface area contributed by atoms with Crippen molar-refractivity contribution < 1.29 is 15.3 Å². The second kappa shape index (κ2) is 11.5. The molecule has 0 aliphatic carbocycles. The van der Waals surface area contributed by atoms with Crippen molar-refractivity contribution in [1.29, 1.82) is 0 Å². The molecule has 0 aliphatic rings. The second-order valence-corrected chi connectivity index (χ2v) is 6.60. The van der Waals surface area contributed by atoms with Crippen LogP contribution in [0.4, 0.5) is 0 Å². The molecule has 0 spiro atoms. The van der Waals surface area contributed by atoms with Gasteiger partial charge in [0.1, 0.15) is 33.8 Å². The molecule has 0 aliphatic heterocycles. The van der Waals surface area contributed by atoms with Crippen LogP contribution < -0.4 is 0 Å². The molecular formula is C24H21GaN6O3. The Labute approximate surface area is 206 Å². The van der Waals surface area contributed by atoms with Crippen molar-refractivity contribution in [2.75, 3.05) is 0 Å². The average molecular weight is 511 g/mol. The van der Waals surface area contributed by atoms with Crippen molar-refractivity contribution in [1.82, 2.24) is 29.9 Å². The molecule has 9 nitrogen and oxygen atoms in total. The van der Waals surface area contributed by atoms with Crippen molar-refractivity contribution in [3.8, 4) is 17.2 Å². The third-order valence-electron chi connectivity index (χ3n) is 4.43. The zero-order valence-electron chi connectivity index (χ0n) is 17.2. The van der Waals surface area contributed by atoms with Gasteiger partial charge in [0.15, 0.2) is 0 Å². The summed E-state index contributed by atoms with van der Waals surface area (Å²) in [6, 6.07) is 15.4. The summed E-state index contributed by atoms with van der Waals surface area (Å²) in [5.41, 5.74) is 3.80. The molecule has 3 aromatic carbocycles. The van der Waals surface area contributed by atoms with Gasteiger partial charge in [-0.2, -0.15) is 0 Å². The molecular weight excluding hydrogens is 490 g/mol. The fraction of sp³-hybridized carbons (Fsp3) is 0. The number of nitrogens with zero attached hydrogens (tertiary/aromatic N) is 6. The summed E-state index contributed by atoms with van der Waals surface area (Å²) in [4.78, 5) is 24.0. The first-order valence-electron chi connectivity index (χ1n) is 9.79. The minimum atomic E-state index is 0. The van der Waals surface area contributed by atoms with Gasteiger partial charge in [0.25, 0.3) is 0 Å². The maximum atomic E-state index is 9.27. The van der Waals surface area contributed by atoms with Crippen LogP contribution in [-0.2, 0) is 0 Å². The van der Waals surface area contributed by atoms with E-state index in [0.29, 0.717) is 33.1 Å². The molecule has 6 rings (SSSR count). The SMILES string of the molecule is Oc1cccc2nccnc12.Oc1cccc2nccnc12.Oc1cccc2nccnc12.[GaH3]. The summed E-state index contributed by atoms with van der Waals surface area (Å²) in [6.07, 6.45) is 9.47. The van der Waals surface area contributed by atoms with Gasteiger partial charge in [0.2, 0.25) is 0 Å². The number of aromatic nitrogens is 6. The average Bonchev–Trinajstić information content (AvgIpc) is 2.86. The van der Waals surface area contributed by atoms with Crippen molar-refractivity contribution in [2.45, 2.75) is 0 Å². The molecule has 0 amide bonds. The molecule has 3 heterocycles. The van der Waals surface area contributed by atoms with E-state index < -0.39 is 0 Å². The Morgan fingerprint density at radius 3 is 0.912 bits per heavy atom. The first-order valence-corrected chi connectivity index (χ1v) is 9.79. The summed E-state index contributed by atoms with van der Waals surface area (Å²) in [7, 11) is 0. The Balaban J connectivity index is 0.000000141. The van der Waals surface area contributed by atoms with Gasteiger partial charge in [0, 0.05) is 37.2 Å². The molecule has 0 atom stereocenters. The summed E-state index contributed by atoms with van der Waals surface area (Å²) >= 11 is 0. The van der Waals surface area contributed by atoms with Gasteiger partial charge in [-0.05, 0) is 36.4 Å². The molecule has 10 heteroatoms. The first kappa shape index (κ1) is 24.4. The molecule has 3 N–H and O–H groups in total. The van der Waals surface area contributed by atoms with Crippen LogP contribution in [0.5, 0.6) is 17.2 Å². The van der Waals surface area contributed by atoms with E-state index in [1.54, 1.807) is 73.6 Å². The molecule has 168 valence electrons. The number of benzene rings is 3. The van der Waals surface area contributed by atoms with E-state index in [4.69, 9.17) is 0 Å². The van der Waals surface area contributed by atoms with Crippen LogP contribution in [0, 0.1) is 0 Å². The van der Waals surface area contributed by atoms with Crippen molar-refractivity contribution >= 4 is 52.9 Å². The zero-order chi connectivity index (χ0) is 23.0. The van der Waals surface area contributed by atoms with Crippen LogP contribution in [0.3, 0.4) is 0 Å². The van der Waals surface area contributed by atoms with Crippen LogP contribution in [0.15, 0.2) is 91.8 Å². The number of aromatic hydroxyl groups is 3. The van der Waals surface area contributed by atoms with E-state index in [2.05, 4.69) is 29.9 Å². The molecule has 0 saturated carbocycles. The van der Waals surface area contributed by atoms with E-state index in [1.807, 2.05) is 18.2 Å². The van der Waals surface area contributed by atoms with Crippen LogP contribution in [0.25, 0.3) is 33.1 Å². The molecule has 0 saturated heterocycles. The Bertz CT molecular complexity index is 1330. The van der Waals surface area contributed by atoms with Crippen LogP contribution in [0.2, 0.25) is 0 Å². The van der Waals surface area contributed by atoms with Gasteiger partial charge in [0.05, 0.1) is 16.6 Å². The van der Waals surface area contributed by atoms with Crippen LogP contribution >= 0.6 is 0 Å². The predicted molar refractivity (Wildman–Crippen MR) is 134 cm³/mol. The standard InChI is InChI=1S/3C8H6N2O.Ga.3H/c3*11-7-3-1-2-6-8(7)10-5-4-9-6;;;;/h3*1-5,11H;;;;. The van der Waals surface area contributed by atoms with Crippen molar-refractivity contribution in [2.24, 2.45) is 0 Å². The predicted octanol–water partition coefficient (Wildman–Crippen LogP) is 2.82. The van der Waals surface area contributed by atoms with Crippen molar-refractivity contribution in [3.63, 3.8) is 0 Å². The monoisotopic (exact) mass is 510 g/mol. The maximum absolute atomic E-state index is 9.27. The third-order valence-corrected chi connectivity index (χ3v) is 4.43. The van der Waals surface area contributed by atoms with Crippen molar-refractivity contribution in [3.05, 3.63) is 91.8 Å². The van der Waals surface area contributed by atoms with E-state index in [9.17, 15) is 15.3 Å². The molecule has 0 bridgehead atoms. The van der Waals surface area contributed by atoms with Gasteiger partial charge in [-0.3, -0.25) is 15.0 Å². The van der Waals surface area contributed by atoms with E-state index in [1.165, 1.54) is 0 Å². The number of hydrogen-bond acceptors (Lipinski definition) is 9. The second-order valence-electron chi connectivity index (χ2n) is 6.60. The Morgan fingerprint density at radius 1 is 0.382 bits per heavy atom. The first-order chi connectivity index (χ1) is 16.1. The molecule has 3 aromatic heterocycles. The Hall–Kier alpha value is -4.28. The summed E-state index contributed by atoms with van der Waals surface area (Å²) in [6.45, 7) is 0. The van der Waals surface area contributed by atoms with Gasteiger partial charge in [-0.15, -0.1) is 0 Å². The topological polar surface area (TPSA) is 138 Å². The Kier molecular flexibility index (Phi) is 8.27. The van der Waals surface area contributed by atoms with Gasteiger partial charge >= 0.3 is 19.8 Å². The number of rotatable bonds is 0. The quantitative estimate of drug-likeness (QED) is 0.263. The Morgan fingerprint density at radius 2 is 0.647 bits per heavy atom. The molecule has 0 fully saturated rings. The van der Waals surface area contributed by atoms with E-state index >= 15 is 0 Å². The summed E-state index contributed by atoms with van der Waals surface area (Å²) in [5.74, 6) is 0.529. The van der Waals surface area contributed by atoms with Gasteiger partial charge in [-0.25, -0.2) is 15.0 Å². The van der Waals surface area contributed by atoms with Crippen LogP contribution in [0.1, 0.15) is 0 Å². The number of fused-ring (bicyclic) bond motifs is 3. The number of phenolic OH excluding ortho intramolecular Hbond substituents is 3. The fourth-order valence-electron chi connectivity index (χ4n) is 2.93. The number of phenols is 3. The molecule has 0 unspecified atom stereocenters. The fourth-order valence-corrected chi connectivity index (χ4v) is 2.93. The number of para-hydroxylation sites is 3. The van der Waals surface area contributed by atoms with Gasteiger partial charge in [-0.1, -0.05) is 18.2 Å². The molecule has 6 aromatic rings. The van der Waals surface area contributed by atoms with Gasteiger partial charge < -0.3 is 15.3 Å². The van der Waals surface area contributed by atoms with E-state index in [-0.39, 0.29) is 37.0 Å². The summed E-state index contributed by atoms with van der Waals surface area (Å²) < 4.78 is 0. The molecule has 0 radical (unpaired) electrons.